The van der Waals surface area contributed by atoms with Crippen molar-refractivity contribution in [1.29, 1.82) is 0 Å². The van der Waals surface area contributed by atoms with E-state index >= 15 is 0 Å². The van der Waals surface area contributed by atoms with E-state index in [-0.39, 0.29) is 5.78 Å². The van der Waals surface area contributed by atoms with Gasteiger partial charge in [0.05, 0.1) is 7.11 Å². The Kier molecular flexibility index (Phi) is 4.82. The molecule has 3 rings (SSSR count). The van der Waals surface area contributed by atoms with Gasteiger partial charge in [0.2, 0.25) is 0 Å². The number of ketones is 1. The lowest BCUT2D eigenvalue weighted by Crippen LogP contribution is -1.94. The van der Waals surface area contributed by atoms with Crippen LogP contribution >= 0.6 is 0 Å². The van der Waals surface area contributed by atoms with Crippen molar-refractivity contribution in [3.05, 3.63) is 90.3 Å². The van der Waals surface area contributed by atoms with Crippen molar-refractivity contribution in [2.45, 2.75) is 0 Å². The number of carbonyl (C=O) groups is 1. The first-order chi connectivity index (χ1) is 11.8. The van der Waals surface area contributed by atoms with Crippen LogP contribution in [-0.2, 0) is 0 Å². The number of rotatable bonds is 5. The van der Waals surface area contributed by atoms with Gasteiger partial charge in [0.25, 0.3) is 0 Å². The summed E-state index contributed by atoms with van der Waals surface area (Å²) in [7, 11) is 1.63. The fourth-order valence-corrected chi connectivity index (χ4v) is 2.44. The third kappa shape index (κ3) is 3.58. The summed E-state index contributed by atoms with van der Waals surface area (Å²) >= 11 is 0. The van der Waals surface area contributed by atoms with Crippen molar-refractivity contribution in [3.8, 4) is 16.9 Å². The molecule has 0 amide bonds. The van der Waals surface area contributed by atoms with Crippen LogP contribution in [0.1, 0.15) is 15.9 Å². The summed E-state index contributed by atoms with van der Waals surface area (Å²) in [6, 6.07) is 19.5. The SMILES string of the molecule is COc1cc(-c2ccccc2)ccc1/C=C/C(=O)c1ccncc1. The zero-order valence-electron chi connectivity index (χ0n) is 13.3. The van der Waals surface area contributed by atoms with Crippen LogP contribution in [0.15, 0.2) is 79.1 Å². The van der Waals surface area contributed by atoms with Crippen molar-refractivity contribution in [2.75, 3.05) is 7.11 Å². The first-order valence-electron chi connectivity index (χ1n) is 7.64. The smallest absolute Gasteiger partial charge is 0.185 e. The minimum atomic E-state index is -0.0633. The molecule has 0 fully saturated rings. The maximum atomic E-state index is 12.2. The van der Waals surface area contributed by atoms with Crippen LogP contribution in [-0.4, -0.2) is 17.9 Å². The molecular formula is C21H17NO2. The number of pyridine rings is 1. The molecule has 0 atom stereocenters. The van der Waals surface area contributed by atoms with Crippen LogP contribution in [0.4, 0.5) is 0 Å². The topological polar surface area (TPSA) is 39.2 Å². The van der Waals surface area contributed by atoms with Gasteiger partial charge in [0.15, 0.2) is 5.78 Å². The Labute approximate surface area is 141 Å². The molecule has 118 valence electrons. The lowest BCUT2D eigenvalue weighted by molar-refractivity contribution is 0.104. The van der Waals surface area contributed by atoms with Gasteiger partial charge >= 0.3 is 0 Å². The second kappa shape index (κ2) is 7.38. The Morgan fingerprint density at radius 2 is 1.71 bits per heavy atom. The second-order valence-electron chi connectivity index (χ2n) is 5.26. The largest absolute Gasteiger partial charge is 0.496 e. The first-order valence-corrected chi connectivity index (χ1v) is 7.64. The van der Waals surface area contributed by atoms with Crippen LogP contribution in [0.25, 0.3) is 17.2 Å². The number of nitrogens with zero attached hydrogens (tertiary/aromatic N) is 1. The maximum absolute atomic E-state index is 12.2. The van der Waals surface area contributed by atoms with Gasteiger partial charge in [-0.15, -0.1) is 0 Å². The Morgan fingerprint density at radius 3 is 2.42 bits per heavy atom. The number of carbonyl (C=O) groups excluding carboxylic acids is 1. The summed E-state index contributed by atoms with van der Waals surface area (Å²) in [5.74, 6) is 0.668. The van der Waals surface area contributed by atoms with Gasteiger partial charge < -0.3 is 4.74 Å². The van der Waals surface area contributed by atoms with Gasteiger partial charge in [-0.1, -0.05) is 42.5 Å². The zero-order chi connectivity index (χ0) is 16.8. The molecule has 0 aliphatic carbocycles. The molecule has 0 radical (unpaired) electrons. The van der Waals surface area contributed by atoms with E-state index in [9.17, 15) is 4.79 Å². The van der Waals surface area contributed by atoms with Gasteiger partial charge in [0.1, 0.15) is 5.75 Å². The summed E-state index contributed by atoms with van der Waals surface area (Å²) in [6.45, 7) is 0. The number of ether oxygens (including phenoxy) is 1. The normalized spacial score (nSPS) is 10.7. The minimum absolute atomic E-state index is 0.0633. The Bertz CT molecular complexity index is 856. The predicted molar refractivity (Wildman–Crippen MR) is 96.0 cm³/mol. The molecular weight excluding hydrogens is 298 g/mol. The number of aromatic nitrogens is 1. The highest BCUT2D eigenvalue weighted by atomic mass is 16.5. The highest BCUT2D eigenvalue weighted by Gasteiger charge is 2.05. The molecule has 0 saturated carbocycles. The molecule has 3 aromatic rings. The Morgan fingerprint density at radius 1 is 0.958 bits per heavy atom. The number of hydrogen-bond donors (Lipinski definition) is 0. The average molecular weight is 315 g/mol. The van der Waals surface area contributed by atoms with Gasteiger partial charge in [-0.25, -0.2) is 0 Å². The van der Waals surface area contributed by atoms with E-state index in [1.165, 1.54) is 0 Å². The van der Waals surface area contributed by atoms with Crippen molar-refractivity contribution >= 4 is 11.9 Å². The fourth-order valence-electron chi connectivity index (χ4n) is 2.44. The predicted octanol–water partition coefficient (Wildman–Crippen LogP) is 4.65. The van der Waals surface area contributed by atoms with Crippen LogP contribution in [0.3, 0.4) is 0 Å². The van der Waals surface area contributed by atoms with E-state index in [0.29, 0.717) is 5.56 Å². The van der Waals surface area contributed by atoms with E-state index < -0.39 is 0 Å². The third-order valence-corrected chi connectivity index (χ3v) is 3.72. The highest BCUT2D eigenvalue weighted by molar-refractivity contribution is 6.06. The quantitative estimate of drug-likeness (QED) is 0.508. The molecule has 2 aromatic carbocycles. The van der Waals surface area contributed by atoms with Gasteiger partial charge in [-0.05, 0) is 41.5 Å². The molecule has 3 nitrogen and oxygen atoms in total. The van der Waals surface area contributed by atoms with Crippen LogP contribution in [0.5, 0.6) is 5.75 Å². The Balaban J connectivity index is 1.86. The third-order valence-electron chi connectivity index (χ3n) is 3.72. The molecule has 0 aliphatic rings. The van der Waals surface area contributed by atoms with Crippen molar-refractivity contribution < 1.29 is 9.53 Å². The average Bonchev–Trinajstić information content (AvgIpc) is 2.67. The molecule has 0 bridgehead atoms. The summed E-state index contributed by atoms with van der Waals surface area (Å²) in [4.78, 5) is 16.1. The lowest BCUT2D eigenvalue weighted by atomic mass is 10.0. The van der Waals surface area contributed by atoms with Crippen molar-refractivity contribution in [1.82, 2.24) is 4.98 Å². The second-order valence-corrected chi connectivity index (χ2v) is 5.26. The molecule has 3 heteroatoms. The molecule has 0 N–H and O–H groups in total. The maximum Gasteiger partial charge on any atom is 0.185 e. The van der Waals surface area contributed by atoms with Crippen LogP contribution in [0, 0.1) is 0 Å². The summed E-state index contributed by atoms with van der Waals surface area (Å²) < 4.78 is 5.47. The minimum Gasteiger partial charge on any atom is -0.496 e. The molecule has 1 aromatic heterocycles. The lowest BCUT2D eigenvalue weighted by Gasteiger charge is -2.08. The van der Waals surface area contributed by atoms with Gasteiger partial charge in [-0.2, -0.15) is 0 Å². The number of benzene rings is 2. The molecule has 24 heavy (non-hydrogen) atoms. The first kappa shape index (κ1) is 15.7. The van der Waals surface area contributed by atoms with Gasteiger partial charge in [0, 0.05) is 23.5 Å². The fraction of sp³-hybridized carbons (Fsp3) is 0.0476. The number of allylic oxidation sites excluding steroid dienone is 1. The van der Waals surface area contributed by atoms with E-state index in [1.54, 1.807) is 43.8 Å². The van der Waals surface area contributed by atoms with Crippen molar-refractivity contribution in [3.63, 3.8) is 0 Å². The summed E-state index contributed by atoms with van der Waals surface area (Å²) in [5.41, 5.74) is 3.67. The molecule has 0 unspecified atom stereocenters. The number of hydrogen-bond acceptors (Lipinski definition) is 3. The molecule has 0 spiro atoms. The molecule has 0 saturated heterocycles. The standard InChI is InChI=1S/C21H17NO2/c1-24-21-15-19(16-5-3-2-4-6-16)8-7-18(21)9-10-20(23)17-11-13-22-14-12-17/h2-15H,1H3/b10-9+. The van der Waals surface area contributed by atoms with Gasteiger partial charge in [-0.3, -0.25) is 9.78 Å². The monoisotopic (exact) mass is 315 g/mol. The van der Waals surface area contributed by atoms with E-state index in [1.807, 2.05) is 36.4 Å². The summed E-state index contributed by atoms with van der Waals surface area (Å²) in [5, 5.41) is 0. The highest BCUT2D eigenvalue weighted by Crippen LogP contribution is 2.28. The van der Waals surface area contributed by atoms with Crippen molar-refractivity contribution in [2.24, 2.45) is 0 Å². The number of methoxy groups -OCH3 is 1. The van der Waals surface area contributed by atoms with Crippen LogP contribution < -0.4 is 4.74 Å². The van der Waals surface area contributed by atoms with Crippen LogP contribution in [0.2, 0.25) is 0 Å². The zero-order valence-corrected chi connectivity index (χ0v) is 13.3. The molecule has 1 heterocycles. The molecule has 0 aliphatic heterocycles. The van der Waals surface area contributed by atoms with E-state index in [0.717, 1.165) is 22.4 Å². The Hall–Kier alpha value is -3.20. The van der Waals surface area contributed by atoms with E-state index in [2.05, 4.69) is 17.1 Å². The summed E-state index contributed by atoms with van der Waals surface area (Å²) in [6.07, 6.45) is 6.54. The van der Waals surface area contributed by atoms with E-state index in [4.69, 9.17) is 4.74 Å².